The summed E-state index contributed by atoms with van der Waals surface area (Å²) < 4.78 is 0. The summed E-state index contributed by atoms with van der Waals surface area (Å²) in [4.78, 5) is 26.2. The van der Waals surface area contributed by atoms with E-state index in [0.29, 0.717) is 38.2 Å². The van der Waals surface area contributed by atoms with Gasteiger partial charge in [-0.1, -0.05) is 30.3 Å². The highest BCUT2D eigenvalue weighted by Crippen LogP contribution is 2.17. The van der Waals surface area contributed by atoms with Crippen LogP contribution < -0.4 is 0 Å². The van der Waals surface area contributed by atoms with Crippen LogP contribution in [0.3, 0.4) is 0 Å². The molecule has 6 heteroatoms. The van der Waals surface area contributed by atoms with E-state index >= 15 is 0 Å². The van der Waals surface area contributed by atoms with Gasteiger partial charge in [-0.15, -0.1) is 0 Å². The molecule has 1 aromatic rings. The lowest BCUT2D eigenvalue weighted by Crippen LogP contribution is -2.47. The Labute approximate surface area is 135 Å². The lowest BCUT2D eigenvalue weighted by atomic mass is 10.1. The van der Waals surface area contributed by atoms with Gasteiger partial charge in [0.1, 0.15) is 5.71 Å². The highest BCUT2D eigenvalue weighted by atomic mass is 16.3. The van der Waals surface area contributed by atoms with Crippen LogP contribution in [-0.4, -0.2) is 51.7 Å². The Morgan fingerprint density at radius 2 is 2.04 bits per heavy atom. The first-order chi connectivity index (χ1) is 11.1. The molecule has 2 aliphatic rings. The number of likely N-dealkylation sites (tertiary alicyclic amines) is 1. The Kier molecular flexibility index (Phi) is 4.71. The van der Waals surface area contributed by atoms with E-state index in [1.54, 1.807) is 4.90 Å². The Bertz CT molecular complexity index is 615. The van der Waals surface area contributed by atoms with Crippen LogP contribution in [0.25, 0.3) is 0 Å². The number of hydrogen-bond donors (Lipinski definition) is 1. The molecule has 1 N–H and O–H groups in total. The van der Waals surface area contributed by atoms with Crippen molar-refractivity contribution in [2.45, 2.75) is 38.3 Å². The Hall–Kier alpha value is -2.21. The van der Waals surface area contributed by atoms with Gasteiger partial charge in [-0.05, 0) is 18.4 Å². The molecule has 6 nitrogen and oxygen atoms in total. The fourth-order valence-corrected chi connectivity index (χ4v) is 2.96. The number of carbonyl (C=O) groups excluding carboxylic acids is 2. The fourth-order valence-electron chi connectivity index (χ4n) is 2.96. The minimum absolute atomic E-state index is 0.0657. The summed E-state index contributed by atoms with van der Waals surface area (Å²) in [6.45, 7) is 1.37. The van der Waals surface area contributed by atoms with Crippen molar-refractivity contribution in [1.29, 1.82) is 0 Å². The highest BCUT2D eigenvalue weighted by molar-refractivity contribution is 6.39. The lowest BCUT2D eigenvalue weighted by Gasteiger charge is -2.32. The van der Waals surface area contributed by atoms with Crippen LogP contribution in [0, 0.1) is 0 Å². The Morgan fingerprint density at radius 1 is 1.26 bits per heavy atom. The molecule has 2 amide bonds. The van der Waals surface area contributed by atoms with Gasteiger partial charge in [0.25, 0.3) is 5.91 Å². The second-order valence-corrected chi connectivity index (χ2v) is 6.03. The number of nitrogens with zero attached hydrogens (tertiary/aromatic N) is 3. The van der Waals surface area contributed by atoms with Crippen molar-refractivity contribution >= 4 is 17.5 Å². The minimum Gasteiger partial charge on any atom is -0.391 e. The van der Waals surface area contributed by atoms with Crippen molar-refractivity contribution in [3.8, 4) is 0 Å². The number of aliphatic hydroxyl groups is 1. The third kappa shape index (κ3) is 3.76. The number of piperidine rings is 1. The maximum Gasteiger partial charge on any atom is 0.270 e. The molecular formula is C17H21N3O3. The average Bonchev–Trinajstić information content (AvgIpc) is 2.57. The van der Waals surface area contributed by atoms with Crippen molar-refractivity contribution in [2.24, 2.45) is 5.10 Å². The molecule has 1 fully saturated rings. The molecule has 2 heterocycles. The first-order valence-corrected chi connectivity index (χ1v) is 8.02. The van der Waals surface area contributed by atoms with Crippen LogP contribution >= 0.6 is 0 Å². The van der Waals surface area contributed by atoms with Crippen LogP contribution in [-0.2, 0) is 16.1 Å². The third-order valence-corrected chi connectivity index (χ3v) is 4.21. The monoisotopic (exact) mass is 315 g/mol. The zero-order chi connectivity index (χ0) is 16.2. The molecule has 0 spiro atoms. The molecule has 1 saturated heterocycles. The summed E-state index contributed by atoms with van der Waals surface area (Å²) in [7, 11) is 0. The van der Waals surface area contributed by atoms with Crippen molar-refractivity contribution in [3.05, 3.63) is 35.9 Å². The van der Waals surface area contributed by atoms with Crippen molar-refractivity contribution in [2.75, 3.05) is 13.1 Å². The fraction of sp³-hybridized carbons (Fsp3) is 0.471. The molecule has 3 rings (SSSR count). The summed E-state index contributed by atoms with van der Waals surface area (Å²) in [6.07, 6.45) is 1.74. The van der Waals surface area contributed by atoms with Gasteiger partial charge in [0.15, 0.2) is 0 Å². The topological polar surface area (TPSA) is 73.2 Å². The summed E-state index contributed by atoms with van der Waals surface area (Å²) >= 11 is 0. The predicted molar refractivity (Wildman–Crippen MR) is 85.5 cm³/mol. The zero-order valence-corrected chi connectivity index (χ0v) is 13.0. The molecule has 1 unspecified atom stereocenters. The predicted octanol–water partition coefficient (Wildman–Crippen LogP) is 1.15. The number of hydrazone groups is 1. The van der Waals surface area contributed by atoms with E-state index in [-0.39, 0.29) is 11.8 Å². The van der Waals surface area contributed by atoms with Gasteiger partial charge in [-0.3, -0.25) is 9.59 Å². The first kappa shape index (κ1) is 15.7. The van der Waals surface area contributed by atoms with E-state index in [1.165, 1.54) is 5.01 Å². The second kappa shape index (κ2) is 6.91. The smallest absolute Gasteiger partial charge is 0.270 e. The number of hydrogen-bond acceptors (Lipinski definition) is 4. The molecule has 0 radical (unpaired) electrons. The maximum absolute atomic E-state index is 12.5. The molecule has 0 bridgehead atoms. The van der Waals surface area contributed by atoms with E-state index < -0.39 is 6.10 Å². The molecule has 2 aliphatic heterocycles. The number of carbonyl (C=O) groups is 2. The molecular weight excluding hydrogens is 294 g/mol. The van der Waals surface area contributed by atoms with Gasteiger partial charge in [0, 0.05) is 25.9 Å². The standard InChI is InChI=1S/C17H21N3O3/c21-14-7-4-10-19(12-14)17(23)15-8-9-16(22)20(18-15)11-13-5-2-1-3-6-13/h1-3,5-6,14,21H,4,7-12H2. The van der Waals surface area contributed by atoms with Gasteiger partial charge < -0.3 is 10.0 Å². The Balaban J connectivity index is 1.72. The van der Waals surface area contributed by atoms with Crippen molar-refractivity contribution in [3.63, 3.8) is 0 Å². The maximum atomic E-state index is 12.5. The van der Waals surface area contributed by atoms with Gasteiger partial charge in [-0.2, -0.15) is 5.10 Å². The van der Waals surface area contributed by atoms with Crippen molar-refractivity contribution < 1.29 is 14.7 Å². The SMILES string of the molecule is O=C(C1=NN(Cc2ccccc2)C(=O)CC1)N1CCCC(O)C1. The van der Waals surface area contributed by atoms with Crippen LogP contribution in [0.5, 0.6) is 0 Å². The number of β-amino-alcohol motifs (C(OH)–C–C–N with tert-alkyl or cyclic N) is 1. The molecule has 1 atom stereocenters. The quantitative estimate of drug-likeness (QED) is 0.909. The summed E-state index contributed by atoms with van der Waals surface area (Å²) in [5, 5.41) is 15.4. The number of amides is 2. The molecule has 0 aliphatic carbocycles. The van der Waals surface area contributed by atoms with Crippen LogP contribution in [0.4, 0.5) is 0 Å². The summed E-state index contributed by atoms with van der Waals surface area (Å²) in [5.41, 5.74) is 1.39. The average molecular weight is 315 g/mol. The lowest BCUT2D eigenvalue weighted by molar-refractivity contribution is -0.133. The van der Waals surface area contributed by atoms with Gasteiger partial charge >= 0.3 is 0 Å². The second-order valence-electron chi connectivity index (χ2n) is 6.03. The number of rotatable bonds is 3. The highest BCUT2D eigenvalue weighted by Gasteiger charge is 2.29. The van der Waals surface area contributed by atoms with Gasteiger partial charge in [0.05, 0.1) is 12.6 Å². The van der Waals surface area contributed by atoms with E-state index in [0.717, 1.165) is 18.4 Å². The van der Waals surface area contributed by atoms with Crippen LogP contribution in [0.2, 0.25) is 0 Å². The van der Waals surface area contributed by atoms with E-state index in [1.807, 2.05) is 30.3 Å². The van der Waals surface area contributed by atoms with E-state index in [4.69, 9.17) is 0 Å². The minimum atomic E-state index is -0.459. The van der Waals surface area contributed by atoms with E-state index in [9.17, 15) is 14.7 Å². The van der Waals surface area contributed by atoms with Crippen LogP contribution in [0.15, 0.2) is 35.4 Å². The third-order valence-electron chi connectivity index (χ3n) is 4.21. The van der Waals surface area contributed by atoms with Gasteiger partial charge in [0.2, 0.25) is 5.91 Å². The first-order valence-electron chi connectivity index (χ1n) is 8.02. The summed E-state index contributed by atoms with van der Waals surface area (Å²) in [5.74, 6) is -0.224. The molecule has 0 saturated carbocycles. The van der Waals surface area contributed by atoms with Gasteiger partial charge in [-0.25, -0.2) is 5.01 Å². The molecule has 23 heavy (non-hydrogen) atoms. The number of aliphatic hydroxyl groups excluding tert-OH is 1. The number of benzene rings is 1. The zero-order valence-electron chi connectivity index (χ0n) is 13.0. The van der Waals surface area contributed by atoms with E-state index in [2.05, 4.69) is 5.10 Å². The summed E-state index contributed by atoms with van der Waals surface area (Å²) in [6, 6.07) is 9.60. The Morgan fingerprint density at radius 3 is 2.78 bits per heavy atom. The van der Waals surface area contributed by atoms with Crippen molar-refractivity contribution in [1.82, 2.24) is 9.91 Å². The van der Waals surface area contributed by atoms with Crippen LogP contribution in [0.1, 0.15) is 31.2 Å². The molecule has 122 valence electrons. The normalized spacial score (nSPS) is 22.0. The molecule has 1 aromatic carbocycles. The molecule has 0 aromatic heterocycles. The largest absolute Gasteiger partial charge is 0.391 e.